The van der Waals surface area contributed by atoms with Crippen LogP contribution in [-0.2, 0) is 19.1 Å². The molecule has 120 valence electrons. The van der Waals surface area contributed by atoms with Crippen LogP contribution in [0.15, 0.2) is 42.5 Å². The number of ether oxygens (including phenoxy) is 2. The largest absolute Gasteiger partial charge is 0.451 e. The predicted octanol–water partition coefficient (Wildman–Crippen LogP) is 2.89. The maximum atomic E-state index is 12.2. The van der Waals surface area contributed by atoms with Gasteiger partial charge in [-0.3, -0.25) is 4.79 Å². The number of esters is 1. The Balaban J connectivity index is 1.61. The second-order valence-corrected chi connectivity index (χ2v) is 5.63. The van der Waals surface area contributed by atoms with Gasteiger partial charge in [-0.05, 0) is 42.7 Å². The molecule has 0 bridgehead atoms. The van der Waals surface area contributed by atoms with E-state index in [1.807, 2.05) is 42.5 Å². The van der Waals surface area contributed by atoms with Gasteiger partial charge in [0.05, 0.1) is 0 Å². The Morgan fingerprint density at radius 2 is 2.00 bits per heavy atom. The van der Waals surface area contributed by atoms with Crippen molar-refractivity contribution >= 4 is 28.3 Å². The molecule has 1 N–H and O–H groups in total. The Kier molecular flexibility index (Phi) is 4.57. The van der Waals surface area contributed by atoms with Crippen LogP contribution >= 0.6 is 0 Å². The summed E-state index contributed by atoms with van der Waals surface area (Å²) in [5, 5.41) is 4.91. The van der Waals surface area contributed by atoms with Gasteiger partial charge >= 0.3 is 5.97 Å². The fourth-order valence-electron chi connectivity index (χ4n) is 2.58. The lowest BCUT2D eigenvalue weighted by atomic mass is 10.1. The van der Waals surface area contributed by atoms with E-state index in [1.54, 1.807) is 6.92 Å². The second-order valence-electron chi connectivity index (χ2n) is 5.63. The SMILES string of the molecule is C[C@@H](OC(=O)[C@@H]1CCCO1)C(=O)Nc1ccc2ccccc2c1. The van der Waals surface area contributed by atoms with Crippen LogP contribution in [0.4, 0.5) is 5.69 Å². The zero-order valence-electron chi connectivity index (χ0n) is 13.0. The number of amides is 1. The minimum absolute atomic E-state index is 0.355. The van der Waals surface area contributed by atoms with E-state index in [0.717, 1.165) is 17.2 Å². The Labute approximate surface area is 134 Å². The Bertz CT molecular complexity index is 722. The predicted molar refractivity (Wildman–Crippen MR) is 87.1 cm³/mol. The van der Waals surface area contributed by atoms with Crippen molar-refractivity contribution in [3.63, 3.8) is 0 Å². The maximum absolute atomic E-state index is 12.2. The number of rotatable bonds is 4. The summed E-state index contributed by atoms with van der Waals surface area (Å²) in [6.45, 7) is 2.13. The smallest absolute Gasteiger partial charge is 0.336 e. The summed E-state index contributed by atoms with van der Waals surface area (Å²) < 4.78 is 10.4. The van der Waals surface area contributed by atoms with Gasteiger partial charge < -0.3 is 14.8 Å². The molecule has 3 rings (SSSR count). The number of hydrogen-bond acceptors (Lipinski definition) is 4. The normalized spacial score (nSPS) is 18.6. The second kappa shape index (κ2) is 6.79. The first kappa shape index (κ1) is 15.5. The van der Waals surface area contributed by atoms with Crippen molar-refractivity contribution in [1.29, 1.82) is 0 Å². The lowest BCUT2D eigenvalue weighted by Gasteiger charge is -2.16. The molecular formula is C18H19NO4. The molecule has 1 aliphatic rings. The topological polar surface area (TPSA) is 64.6 Å². The lowest BCUT2D eigenvalue weighted by Crippen LogP contribution is -2.33. The van der Waals surface area contributed by atoms with Crippen LogP contribution in [0.2, 0.25) is 0 Å². The zero-order chi connectivity index (χ0) is 16.2. The average molecular weight is 313 g/mol. The van der Waals surface area contributed by atoms with Crippen molar-refractivity contribution in [1.82, 2.24) is 0 Å². The number of hydrogen-bond donors (Lipinski definition) is 1. The molecule has 1 saturated heterocycles. The molecule has 2 aromatic carbocycles. The van der Waals surface area contributed by atoms with Crippen LogP contribution in [0.1, 0.15) is 19.8 Å². The van der Waals surface area contributed by atoms with Crippen molar-refractivity contribution in [3.05, 3.63) is 42.5 Å². The van der Waals surface area contributed by atoms with E-state index < -0.39 is 18.2 Å². The average Bonchev–Trinajstić information content (AvgIpc) is 3.09. The van der Waals surface area contributed by atoms with Crippen LogP contribution in [-0.4, -0.2) is 30.7 Å². The summed E-state index contributed by atoms with van der Waals surface area (Å²) in [5.74, 6) is -0.824. The van der Waals surface area contributed by atoms with Crippen molar-refractivity contribution in [2.24, 2.45) is 0 Å². The number of nitrogens with one attached hydrogen (secondary N) is 1. The lowest BCUT2D eigenvalue weighted by molar-refractivity contribution is -0.162. The van der Waals surface area contributed by atoms with Crippen LogP contribution in [0.25, 0.3) is 10.8 Å². The highest BCUT2D eigenvalue weighted by Crippen LogP contribution is 2.19. The van der Waals surface area contributed by atoms with Gasteiger partial charge in [0.25, 0.3) is 5.91 Å². The van der Waals surface area contributed by atoms with E-state index in [9.17, 15) is 9.59 Å². The van der Waals surface area contributed by atoms with Crippen LogP contribution in [0, 0.1) is 0 Å². The standard InChI is InChI=1S/C18H19NO4/c1-12(23-18(21)16-7-4-10-22-16)17(20)19-15-9-8-13-5-2-3-6-14(13)11-15/h2-3,5-6,8-9,11-12,16H,4,7,10H2,1H3,(H,19,20)/t12-,16+/m1/s1. The molecule has 2 aromatic rings. The van der Waals surface area contributed by atoms with Gasteiger partial charge in [-0.25, -0.2) is 4.79 Å². The van der Waals surface area contributed by atoms with E-state index in [2.05, 4.69) is 5.32 Å². The molecule has 1 aliphatic heterocycles. The molecule has 1 amide bonds. The molecule has 0 radical (unpaired) electrons. The fraction of sp³-hybridized carbons (Fsp3) is 0.333. The van der Waals surface area contributed by atoms with Crippen molar-refractivity contribution in [2.45, 2.75) is 32.0 Å². The first-order chi connectivity index (χ1) is 11.1. The highest BCUT2D eigenvalue weighted by molar-refractivity contribution is 5.97. The van der Waals surface area contributed by atoms with Crippen molar-refractivity contribution in [2.75, 3.05) is 11.9 Å². The summed E-state index contributed by atoms with van der Waals surface area (Å²) in [4.78, 5) is 24.0. The summed E-state index contributed by atoms with van der Waals surface area (Å²) >= 11 is 0. The van der Waals surface area contributed by atoms with Gasteiger partial charge in [-0.15, -0.1) is 0 Å². The molecule has 23 heavy (non-hydrogen) atoms. The van der Waals surface area contributed by atoms with E-state index in [-0.39, 0.29) is 5.91 Å². The molecule has 0 aliphatic carbocycles. The minimum atomic E-state index is -0.863. The van der Waals surface area contributed by atoms with Gasteiger partial charge in [-0.2, -0.15) is 0 Å². The third-order valence-electron chi connectivity index (χ3n) is 3.87. The first-order valence-corrected chi connectivity index (χ1v) is 7.75. The first-order valence-electron chi connectivity index (χ1n) is 7.75. The fourth-order valence-corrected chi connectivity index (χ4v) is 2.58. The number of anilines is 1. The Morgan fingerprint density at radius 3 is 2.74 bits per heavy atom. The van der Waals surface area contributed by atoms with Crippen LogP contribution in [0.5, 0.6) is 0 Å². The molecule has 0 aromatic heterocycles. The van der Waals surface area contributed by atoms with E-state index in [4.69, 9.17) is 9.47 Å². The van der Waals surface area contributed by atoms with Gasteiger partial charge in [-0.1, -0.05) is 30.3 Å². The van der Waals surface area contributed by atoms with Gasteiger partial charge in [0, 0.05) is 12.3 Å². The molecule has 0 spiro atoms. The number of carbonyl (C=O) groups excluding carboxylic acids is 2. The number of benzene rings is 2. The molecule has 1 heterocycles. The molecular weight excluding hydrogens is 294 g/mol. The zero-order valence-corrected chi connectivity index (χ0v) is 13.0. The van der Waals surface area contributed by atoms with Crippen molar-refractivity contribution < 1.29 is 19.1 Å². The summed E-state index contributed by atoms with van der Waals surface area (Å²) in [5.41, 5.74) is 0.675. The third kappa shape index (κ3) is 3.68. The highest BCUT2D eigenvalue weighted by Gasteiger charge is 2.28. The van der Waals surface area contributed by atoms with Gasteiger partial charge in [0.2, 0.25) is 0 Å². The van der Waals surface area contributed by atoms with Crippen LogP contribution < -0.4 is 5.32 Å². The number of carbonyl (C=O) groups is 2. The highest BCUT2D eigenvalue weighted by atomic mass is 16.6. The van der Waals surface area contributed by atoms with Gasteiger partial charge in [0.1, 0.15) is 0 Å². The van der Waals surface area contributed by atoms with Crippen LogP contribution in [0.3, 0.4) is 0 Å². The quantitative estimate of drug-likeness (QED) is 0.882. The summed E-state index contributed by atoms with van der Waals surface area (Å²) in [7, 11) is 0. The molecule has 5 nitrogen and oxygen atoms in total. The van der Waals surface area contributed by atoms with Gasteiger partial charge in [0.15, 0.2) is 12.2 Å². The summed E-state index contributed by atoms with van der Waals surface area (Å²) in [6, 6.07) is 13.6. The minimum Gasteiger partial charge on any atom is -0.451 e. The van der Waals surface area contributed by atoms with E-state index >= 15 is 0 Å². The number of fused-ring (bicyclic) bond motifs is 1. The molecule has 0 unspecified atom stereocenters. The molecule has 1 fully saturated rings. The van der Waals surface area contributed by atoms with E-state index in [0.29, 0.717) is 18.7 Å². The Hall–Kier alpha value is -2.40. The van der Waals surface area contributed by atoms with E-state index in [1.165, 1.54) is 0 Å². The Morgan fingerprint density at radius 1 is 1.22 bits per heavy atom. The molecule has 0 saturated carbocycles. The third-order valence-corrected chi connectivity index (χ3v) is 3.87. The van der Waals surface area contributed by atoms with Crippen molar-refractivity contribution in [3.8, 4) is 0 Å². The maximum Gasteiger partial charge on any atom is 0.336 e. The monoisotopic (exact) mass is 313 g/mol. The molecule has 2 atom stereocenters. The molecule has 5 heteroatoms. The summed E-state index contributed by atoms with van der Waals surface area (Å²) in [6.07, 6.45) is 0.0963.